The molecule has 3 heterocycles. The fraction of sp³-hybridized carbons (Fsp3) is 0.400. The van der Waals surface area contributed by atoms with E-state index >= 15 is 0 Å². The van der Waals surface area contributed by atoms with Crippen LogP contribution in [-0.2, 0) is 6.42 Å². The average Bonchev–Trinajstić information content (AvgIpc) is 3.31. The summed E-state index contributed by atoms with van der Waals surface area (Å²) in [6.07, 6.45) is -0.927. The molecule has 2 aromatic rings. The molecule has 6 rings (SSSR count). The summed E-state index contributed by atoms with van der Waals surface area (Å²) in [5.41, 5.74) is 3.68. The van der Waals surface area contributed by atoms with E-state index in [1.54, 1.807) is 0 Å². The molecule has 2 aromatic carbocycles. The van der Waals surface area contributed by atoms with Gasteiger partial charge in [-0.2, -0.15) is 0 Å². The van der Waals surface area contributed by atoms with E-state index in [0.29, 0.717) is 35.0 Å². The van der Waals surface area contributed by atoms with Crippen LogP contribution in [0.25, 0.3) is 0 Å². The summed E-state index contributed by atoms with van der Waals surface area (Å²) in [6, 6.07) is 7.56. The zero-order valence-electron chi connectivity index (χ0n) is 14.7. The maximum atomic E-state index is 11.1. The van der Waals surface area contributed by atoms with Crippen molar-refractivity contribution in [2.24, 2.45) is 0 Å². The van der Waals surface area contributed by atoms with E-state index in [0.717, 1.165) is 16.7 Å². The molecule has 4 aliphatic rings. The van der Waals surface area contributed by atoms with Crippen molar-refractivity contribution in [2.45, 2.75) is 30.7 Å². The van der Waals surface area contributed by atoms with Crippen LogP contribution in [0.15, 0.2) is 24.3 Å². The number of ether oxygens (including phenoxy) is 4. The Labute approximate surface area is 155 Å². The second-order valence-electron chi connectivity index (χ2n) is 7.49. The number of aliphatic hydroxyl groups is 2. The summed E-state index contributed by atoms with van der Waals surface area (Å²) in [5, 5.41) is 22.1. The molecule has 0 saturated heterocycles. The zero-order chi connectivity index (χ0) is 18.3. The molecule has 7 heteroatoms. The van der Waals surface area contributed by atoms with Gasteiger partial charge in [0, 0.05) is 17.5 Å². The van der Waals surface area contributed by atoms with Crippen molar-refractivity contribution >= 4 is 0 Å². The van der Waals surface area contributed by atoms with Crippen LogP contribution in [0.3, 0.4) is 0 Å². The van der Waals surface area contributed by atoms with E-state index in [2.05, 4.69) is 0 Å². The second kappa shape index (κ2) is 5.28. The summed E-state index contributed by atoms with van der Waals surface area (Å²) in [7, 11) is 1.87. The first-order chi connectivity index (χ1) is 13.1. The quantitative estimate of drug-likeness (QED) is 0.733. The molecule has 7 nitrogen and oxygen atoms in total. The Morgan fingerprint density at radius 2 is 1.67 bits per heavy atom. The van der Waals surface area contributed by atoms with Gasteiger partial charge < -0.3 is 29.2 Å². The first-order valence-corrected chi connectivity index (χ1v) is 9.06. The molecule has 0 bridgehead atoms. The minimum atomic E-state index is -0.860. The Morgan fingerprint density at radius 3 is 2.52 bits per heavy atom. The Kier molecular flexibility index (Phi) is 3.05. The van der Waals surface area contributed by atoms with Gasteiger partial charge in [0.2, 0.25) is 13.6 Å². The molecule has 3 aliphatic heterocycles. The van der Waals surface area contributed by atoms with Crippen LogP contribution < -0.4 is 18.9 Å². The predicted molar refractivity (Wildman–Crippen MR) is 93.0 cm³/mol. The maximum Gasteiger partial charge on any atom is 0.231 e. The van der Waals surface area contributed by atoms with E-state index in [1.165, 1.54) is 0 Å². The minimum Gasteiger partial charge on any atom is -0.454 e. The van der Waals surface area contributed by atoms with E-state index in [9.17, 15) is 10.2 Å². The third-order valence-electron chi connectivity index (χ3n) is 6.19. The van der Waals surface area contributed by atoms with Crippen LogP contribution in [0.5, 0.6) is 23.0 Å². The maximum absolute atomic E-state index is 11.1. The molecule has 0 radical (unpaired) electrons. The number of nitrogens with zero attached hydrogens (tertiary/aromatic N) is 1. The number of rotatable bonds is 0. The summed E-state index contributed by atoms with van der Waals surface area (Å²) < 4.78 is 22.2. The molecule has 2 N–H and O–H groups in total. The fourth-order valence-corrected chi connectivity index (χ4v) is 4.98. The minimum absolute atomic E-state index is 0.144. The van der Waals surface area contributed by atoms with Crippen molar-refractivity contribution in [3.05, 3.63) is 46.5 Å². The van der Waals surface area contributed by atoms with Gasteiger partial charge in [-0.15, -0.1) is 0 Å². The number of hydrogen-bond acceptors (Lipinski definition) is 7. The van der Waals surface area contributed by atoms with Gasteiger partial charge in [-0.25, -0.2) is 0 Å². The highest BCUT2D eigenvalue weighted by atomic mass is 16.7. The summed E-state index contributed by atoms with van der Waals surface area (Å²) in [6.45, 7) is 0.352. The van der Waals surface area contributed by atoms with E-state index in [-0.39, 0.29) is 25.5 Å². The van der Waals surface area contributed by atoms with Gasteiger partial charge in [-0.3, -0.25) is 4.90 Å². The van der Waals surface area contributed by atoms with Crippen LogP contribution in [0, 0.1) is 0 Å². The molecule has 140 valence electrons. The summed E-state index contributed by atoms with van der Waals surface area (Å²) in [4.78, 5) is 1.89. The van der Waals surface area contributed by atoms with Crippen molar-refractivity contribution in [3.63, 3.8) is 0 Å². The lowest BCUT2D eigenvalue weighted by atomic mass is 9.70. The molecule has 0 amide bonds. The largest absolute Gasteiger partial charge is 0.454 e. The van der Waals surface area contributed by atoms with Crippen molar-refractivity contribution < 1.29 is 29.2 Å². The van der Waals surface area contributed by atoms with Gasteiger partial charge in [0.1, 0.15) is 6.23 Å². The van der Waals surface area contributed by atoms with E-state index < -0.39 is 12.3 Å². The lowest BCUT2D eigenvalue weighted by Crippen LogP contribution is -2.45. The first-order valence-electron chi connectivity index (χ1n) is 9.06. The van der Waals surface area contributed by atoms with Crippen LogP contribution in [-0.4, -0.2) is 41.9 Å². The number of aliphatic hydroxyl groups excluding tert-OH is 2. The highest BCUT2D eigenvalue weighted by Crippen LogP contribution is 2.56. The lowest BCUT2D eigenvalue weighted by Gasteiger charge is -2.48. The van der Waals surface area contributed by atoms with Gasteiger partial charge in [-0.1, -0.05) is 6.07 Å². The molecule has 27 heavy (non-hydrogen) atoms. The van der Waals surface area contributed by atoms with Crippen molar-refractivity contribution in [1.29, 1.82) is 0 Å². The third kappa shape index (κ3) is 1.96. The Hall–Kier alpha value is -2.48. The highest BCUT2D eigenvalue weighted by molar-refractivity contribution is 5.58. The predicted octanol–water partition coefficient (Wildman–Crippen LogP) is 1.82. The SMILES string of the molecule is CN1[C@H](O)c2c(ccc3c2OCO3)[C@@H]2[C@H](O)Cc3cc4c(cc3[C@H]21)OCO4. The molecule has 1 aliphatic carbocycles. The zero-order valence-corrected chi connectivity index (χ0v) is 14.7. The molecule has 0 spiro atoms. The fourth-order valence-electron chi connectivity index (χ4n) is 4.98. The third-order valence-corrected chi connectivity index (χ3v) is 6.19. The molecule has 0 saturated carbocycles. The topological polar surface area (TPSA) is 80.6 Å². The molecule has 0 fully saturated rings. The van der Waals surface area contributed by atoms with Crippen molar-refractivity contribution in [2.75, 3.05) is 20.6 Å². The van der Waals surface area contributed by atoms with Gasteiger partial charge >= 0.3 is 0 Å². The molecule has 4 atom stereocenters. The van der Waals surface area contributed by atoms with Crippen molar-refractivity contribution in [1.82, 2.24) is 4.90 Å². The first kappa shape index (κ1) is 15.6. The Balaban J connectivity index is 1.56. The van der Waals surface area contributed by atoms with Crippen LogP contribution in [0.1, 0.15) is 40.4 Å². The smallest absolute Gasteiger partial charge is 0.231 e. The number of hydrogen-bond donors (Lipinski definition) is 2. The molecule has 0 unspecified atom stereocenters. The average molecular weight is 369 g/mol. The van der Waals surface area contributed by atoms with Crippen LogP contribution >= 0.6 is 0 Å². The highest BCUT2D eigenvalue weighted by Gasteiger charge is 2.48. The number of likely N-dealkylation sites (N-methyl/N-ethyl adjacent to an activating group) is 1. The second-order valence-corrected chi connectivity index (χ2v) is 7.49. The van der Waals surface area contributed by atoms with Gasteiger partial charge in [-0.05, 0) is 48.4 Å². The van der Waals surface area contributed by atoms with E-state index in [4.69, 9.17) is 18.9 Å². The normalized spacial score (nSPS) is 29.9. The summed E-state index contributed by atoms with van der Waals surface area (Å²) >= 11 is 0. The van der Waals surface area contributed by atoms with Crippen LogP contribution in [0.2, 0.25) is 0 Å². The Bertz CT molecular complexity index is 960. The molecular weight excluding hydrogens is 350 g/mol. The van der Waals surface area contributed by atoms with Gasteiger partial charge in [0.25, 0.3) is 0 Å². The summed E-state index contributed by atoms with van der Waals surface area (Å²) in [5.74, 6) is 2.45. The number of fused-ring (bicyclic) bond motifs is 8. The van der Waals surface area contributed by atoms with Gasteiger partial charge in [0.15, 0.2) is 23.0 Å². The standard InChI is InChI=1S/C20H19NO6/c1-21-18-11-6-15-14(25-7-26-15)5-9(11)4-12(22)16(18)10-2-3-13-19(27-8-24-13)17(10)20(21)23/h2-3,5-6,12,16,18,20,22-23H,4,7-8H2,1H3/t12-,16-,18-,20-/m1/s1. The van der Waals surface area contributed by atoms with Crippen LogP contribution in [0.4, 0.5) is 0 Å². The van der Waals surface area contributed by atoms with Gasteiger partial charge in [0.05, 0.1) is 6.10 Å². The monoisotopic (exact) mass is 369 g/mol. The van der Waals surface area contributed by atoms with E-state index in [1.807, 2.05) is 36.2 Å². The van der Waals surface area contributed by atoms with Crippen molar-refractivity contribution in [3.8, 4) is 23.0 Å². The molecule has 0 aromatic heterocycles. The molecular formula is C20H19NO6. The Morgan fingerprint density at radius 1 is 0.926 bits per heavy atom. The lowest BCUT2D eigenvalue weighted by molar-refractivity contribution is -0.0535. The number of benzene rings is 2.